The highest BCUT2D eigenvalue weighted by molar-refractivity contribution is 5.83. The molecule has 0 aromatic carbocycles. The molecule has 0 saturated carbocycles. The Morgan fingerprint density at radius 1 is 0.500 bits per heavy atom. The summed E-state index contributed by atoms with van der Waals surface area (Å²) in [6, 6.07) is 0. The van der Waals surface area contributed by atoms with Gasteiger partial charge in [-0.2, -0.15) is 0 Å². The van der Waals surface area contributed by atoms with Crippen molar-refractivity contribution in [2.24, 2.45) is 5.92 Å². The van der Waals surface area contributed by atoms with Crippen LogP contribution in [0.4, 0.5) is 0 Å². The summed E-state index contributed by atoms with van der Waals surface area (Å²) in [5.41, 5.74) is 0. The predicted molar refractivity (Wildman–Crippen MR) is 145 cm³/mol. The predicted octanol–water partition coefficient (Wildman–Crippen LogP) is 8.29. The zero-order chi connectivity index (χ0) is 26.9. The molecule has 0 heterocycles. The van der Waals surface area contributed by atoms with Crippen molar-refractivity contribution in [1.82, 2.24) is 0 Å². The smallest absolute Gasteiger partial charge is 0.306 e. The lowest BCUT2D eigenvalue weighted by atomic mass is 9.93. The average Bonchev–Trinajstić information content (AvgIpc) is 2.83. The normalized spacial score (nSPS) is 11.9. The third-order valence-electron chi connectivity index (χ3n) is 6.99. The van der Waals surface area contributed by atoms with Crippen LogP contribution in [-0.2, 0) is 19.2 Å². The monoisotopic (exact) mass is 510 g/mol. The molecule has 0 radical (unpaired) electrons. The van der Waals surface area contributed by atoms with E-state index < -0.39 is 17.9 Å². The summed E-state index contributed by atoms with van der Waals surface area (Å²) in [6.45, 7) is 2.23. The molecule has 6 nitrogen and oxygen atoms in total. The van der Waals surface area contributed by atoms with Gasteiger partial charge in [-0.25, -0.2) is 0 Å². The molecule has 0 aromatic heterocycles. The minimum Gasteiger partial charge on any atom is -0.481 e. The van der Waals surface area contributed by atoms with Crippen LogP contribution in [0.2, 0.25) is 0 Å². The van der Waals surface area contributed by atoms with Crippen LogP contribution in [0.25, 0.3) is 0 Å². The van der Waals surface area contributed by atoms with E-state index in [1.807, 2.05) is 0 Å². The molecule has 0 aliphatic carbocycles. The van der Waals surface area contributed by atoms with Gasteiger partial charge in [-0.05, 0) is 32.1 Å². The quantitative estimate of drug-likeness (QED) is 0.102. The van der Waals surface area contributed by atoms with E-state index in [1.54, 1.807) is 0 Å². The maximum atomic E-state index is 12.2. The summed E-state index contributed by atoms with van der Waals surface area (Å²) in [6.07, 6.45) is 21.4. The molecule has 0 amide bonds. The third kappa shape index (κ3) is 24.0. The van der Waals surface area contributed by atoms with E-state index in [1.165, 1.54) is 44.9 Å². The molecule has 0 aromatic rings. The van der Waals surface area contributed by atoms with Crippen molar-refractivity contribution in [1.29, 1.82) is 0 Å². The Morgan fingerprint density at radius 3 is 1.33 bits per heavy atom. The highest BCUT2D eigenvalue weighted by Crippen LogP contribution is 2.18. The van der Waals surface area contributed by atoms with Crippen LogP contribution in [0.3, 0.4) is 0 Å². The highest BCUT2D eigenvalue weighted by atomic mass is 16.4. The van der Waals surface area contributed by atoms with Crippen molar-refractivity contribution in [2.45, 2.75) is 161 Å². The van der Waals surface area contributed by atoms with Gasteiger partial charge in [0.15, 0.2) is 0 Å². The largest absolute Gasteiger partial charge is 0.481 e. The SMILES string of the molecule is CCCCCCCCCCCC(=O)CCCCCC(CC(=O)CCCCCCCCC(=O)O)C(=O)O. The Balaban J connectivity index is 3.71. The number of carbonyl (C=O) groups excluding carboxylic acids is 2. The fourth-order valence-electron chi connectivity index (χ4n) is 4.64. The van der Waals surface area contributed by atoms with Gasteiger partial charge < -0.3 is 10.2 Å². The van der Waals surface area contributed by atoms with Crippen LogP contribution in [0.15, 0.2) is 0 Å². The fraction of sp³-hybridized carbons (Fsp3) is 0.867. The summed E-state index contributed by atoms with van der Waals surface area (Å²) in [7, 11) is 0. The molecule has 1 unspecified atom stereocenters. The van der Waals surface area contributed by atoms with E-state index in [0.29, 0.717) is 37.9 Å². The molecule has 0 spiro atoms. The summed E-state index contributed by atoms with van der Waals surface area (Å²) in [5, 5.41) is 18.1. The van der Waals surface area contributed by atoms with Gasteiger partial charge >= 0.3 is 11.9 Å². The van der Waals surface area contributed by atoms with Crippen LogP contribution < -0.4 is 0 Å². The number of unbranched alkanes of at least 4 members (excludes halogenated alkanes) is 15. The fourth-order valence-corrected chi connectivity index (χ4v) is 4.64. The van der Waals surface area contributed by atoms with Gasteiger partial charge in [0, 0.05) is 32.1 Å². The van der Waals surface area contributed by atoms with Gasteiger partial charge in [0.25, 0.3) is 0 Å². The van der Waals surface area contributed by atoms with Crippen molar-refractivity contribution >= 4 is 23.5 Å². The molecule has 36 heavy (non-hydrogen) atoms. The first-order chi connectivity index (χ1) is 17.4. The molecule has 2 N–H and O–H groups in total. The van der Waals surface area contributed by atoms with E-state index in [2.05, 4.69) is 6.92 Å². The number of ketones is 2. The van der Waals surface area contributed by atoms with Gasteiger partial charge in [-0.3, -0.25) is 19.2 Å². The van der Waals surface area contributed by atoms with Crippen molar-refractivity contribution in [3.8, 4) is 0 Å². The summed E-state index contributed by atoms with van der Waals surface area (Å²) < 4.78 is 0. The topological polar surface area (TPSA) is 109 Å². The average molecular weight is 511 g/mol. The van der Waals surface area contributed by atoms with E-state index in [9.17, 15) is 24.3 Å². The van der Waals surface area contributed by atoms with Crippen LogP contribution in [0.1, 0.15) is 161 Å². The Labute approximate surface area is 220 Å². The standard InChI is InChI=1S/C30H54O6/c1-2-3-4-5-6-7-8-11-16-21-27(31)22-18-14-15-20-26(30(35)36)25-28(32)23-17-12-9-10-13-19-24-29(33)34/h26H,2-25H2,1H3,(H,33,34)(H,35,36). The van der Waals surface area contributed by atoms with Crippen LogP contribution >= 0.6 is 0 Å². The molecule has 0 fully saturated rings. The summed E-state index contributed by atoms with van der Waals surface area (Å²) in [5.74, 6) is -1.94. The first kappa shape index (κ1) is 34.3. The van der Waals surface area contributed by atoms with Crippen LogP contribution in [0.5, 0.6) is 0 Å². The number of rotatable bonds is 28. The zero-order valence-electron chi connectivity index (χ0n) is 23.1. The van der Waals surface area contributed by atoms with E-state index in [-0.39, 0.29) is 18.6 Å². The van der Waals surface area contributed by atoms with Gasteiger partial charge in [0.05, 0.1) is 5.92 Å². The number of carboxylic acids is 2. The van der Waals surface area contributed by atoms with E-state index in [0.717, 1.165) is 64.2 Å². The van der Waals surface area contributed by atoms with Gasteiger partial charge in [-0.1, -0.05) is 96.8 Å². The van der Waals surface area contributed by atoms with Crippen molar-refractivity contribution in [3.63, 3.8) is 0 Å². The maximum absolute atomic E-state index is 12.2. The molecule has 0 aliphatic rings. The first-order valence-electron chi connectivity index (χ1n) is 14.8. The van der Waals surface area contributed by atoms with Crippen LogP contribution in [0, 0.1) is 5.92 Å². The van der Waals surface area contributed by atoms with Crippen molar-refractivity contribution in [2.75, 3.05) is 0 Å². The van der Waals surface area contributed by atoms with Gasteiger partial charge in [-0.15, -0.1) is 0 Å². The molecule has 0 aliphatic heterocycles. The summed E-state index contributed by atoms with van der Waals surface area (Å²) in [4.78, 5) is 46.3. The molecule has 0 rings (SSSR count). The molecule has 1 atom stereocenters. The molecular weight excluding hydrogens is 456 g/mol. The van der Waals surface area contributed by atoms with Crippen LogP contribution in [-0.4, -0.2) is 33.7 Å². The molecule has 0 bridgehead atoms. The minimum absolute atomic E-state index is 0.0180. The molecule has 6 heteroatoms. The number of aliphatic carboxylic acids is 2. The molecular formula is C30H54O6. The number of hydrogen-bond donors (Lipinski definition) is 2. The zero-order valence-corrected chi connectivity index (χ0v) is 23.1. The van der Waals surface area contributed by atoms with Gasteiger partial charge in [0.1, 0.15) is 11.6 Å². The second-order valence-corrected chi connectivity index (χ2v) is 10.5. The number of carbonyl (C=O) groups is 4. The Hall–Kier alpha value is -1.72. The molecule has 0 saturated heterocycles. The lowest BCUT2D eigenvalue weighted by Gasteiger charge is -2.11. The van der Waals surface area contributed by atoms with Crippen molar-refractivity contribution in [3.05, 3.63) is 0 Å². The van der Waals surface area contributed by atoms with E-state index >= 15 is 0 Å². The lowest BCUT2D eigenvalue weighted by molar-refractivity contribution is -0.144. The maximum Gasteiger partial charge on any atom is 0.306 e. The third-order valence-corrected chi connectivity index (χ3v) is 6.99. The van der Waals surface area contributed by atoms with Gasteiger partial charge in [0.2, 0.25) is 0 Å². The molecule has 210 valence electrons. The van der Waals surface area contributed by atoms with E-state index in [4.69, 9.17) is 5.11 Å². The second-order valence-electron chi connectivity index (χ2n) is 10.5. The number of hydrogen-bond acceptors (Lipinski definition) is 4. The Kier molecular flexibility index (Phi) is 23.8. The highest BCUT2D eigenvalue weighted by Gasteiger charge is 2.20. The minimum atomic E-state index is -0.900. The first-order valence-corrected chi connectivity index (χ1v) is 14.8. The van der Waals surface area contributed by atoms with Crippen molar-refractivity contribution < 1.29 is 29.4 Å². The Morgan fingerprint density at radius 2 is 0.889 bits per heavy atom. The number of Topliss-reactive ketones (excluding diaryl/α,β-unsaturated/α-hetero) is 2. The lowest BCUT2D eigenvalue weighted by Crippen LogP contribution is -2.18. The Bertz CT molecular complexity index is 586. The second kappa shape index (κ2) is 25.0. The summed E-state index contributed by atoms with van der Waals surface area (Å²) >= 11 is 0. The number of carboxylic acid groups (broad SMARTS) is 2.